The molecule has 0 aliphatic rings. The van der Waals surface area contributed by atoms with Gasteiger partial charge in [-0.2, -0.15) is 0 Å². The first-order valence-electron chi connectivity index (χ1n) is 4.13. The first kappa shape index (κ1) is 10.4. The molecule has 0 aliphatic heterocycles. The molecular formula is C10H13BrO2. The quantitative estimate of drug-likeness (QED) is 0.829. The largest absolute Gasteiger partial charge is 0.508 e. The van der Waals surface area contributed by atoms with Crippen LogP contribution in [-0.2, 0) is 6.42 Å². The number of benzene rings is 1. The predicted octanol–water partition coefficient (Wildman–Crippen LogP) is 2.73. The minimum absolute atomic E-state index is 0.297. The van der Waals surface area contributed by atoms with Gasteiger partial charge in [-0.3, -0.25) is 0 Å². The van der Waals surface area contributed by atoms with E-state index >= 15 is 0 Å². The van der Waals surface area contributed by atoms with Gasteiger partial charge in [0.05, 0.1) is 7.11 Å². The van der Waals surface area contributed by atoms with Crippen LogP contribution < -0.4 is 4.74 Å². The van der Waals surface area contributed by atoms with Crippen LogP contribution in [0.25, 0.3) is 0 Å². The van der Waals surface area contributed by atoms with E-state index in [2.05, 4.69) is 15.9 Å². The molecule has 0 fully saturated rings. The number of phenols is 1. The summed E-state index contributed by atoms with van der Waals surface area (Å²) < 4.78 is 4.98. The van der Waals surface area contributed by atoms with Gasteiger partial charge in [-0.1, -0.05) is 28.9 Å². The molecule has 0 heterocycles. The van der Waals surface area contributed by atoms with E-state index in [1.54, 1.807) is 13.2 Å². The second-order valence-corrected chi connectivity index (χ2v) is 4.54. The predicted molar refractivity (Wildman–Crippen MR) is 56.8 cm³/mol. The number of alkyl halides is 1. The van der Waals surface area contributed by atoms with Gasteiger partial charge in [0.1, 0.15) is 11.5 Å². The van der Waals surface area contributed by atoms with Gasteiger partial charge >= 0.3 is 0 Å². The fourth-order valence-electron chi connectivity index (χ4n) is 1.15. The number of halogens is 1. The molecule has 0 aliphatic carbocycles. The van der Waals surface area contributed by atoms with E-state index in [4.69, 9.17) is 4.74 Å². The third-order valence-corrected chi connectivity index (χ3v) is 2.12. The summed E-state index contributed by atoms with van der Waals surface area (Å²) in [4.78, 5) is 0.367. The minimum Gasteiger partial charge on any atom is -0.508 e. The van der Waals surface area contributed by atoms with Crippen LogP contribution in [0, 0.1) is 0 Å². The van der Waals surface area contributed by atoms with Crippen LogP contribution in [0.5, 0.6) is 11.5 Å². The van der Waals surface area contributed by atoms with Crippen LogP contribution in [0.2, 0.25) is 0 Å². The topological polar surface area (TPSA) is 29.5 Å². The lowest BCUT2D eigenvalue weighted by molar-refractivity contribution is 0.406. The third-order valence-electron chi connectivity index (χ3n) is 1.79. The lowest BCUT2D eigenvalue weighted by Crippen LogP contribution is -1.96. The number of methoxy groups -OCH3 is 1. The van der Waals surface area contributed by atoms with E-state index in [1.807, 2.05) is 19.1 Å². The maximum Gasteiger partial charge on any atom is 0.122 e. The molecule has 1 N–H and O–H groups in total. The van der Waals surface area contributed by atoms with Crippen molar-refractivity contribution in [3.05, 3.63) is 23.8 Å². The van der Waals surface area contributed by atoms with Crippen molar-refractivity contribution < 1.29 is 9.84 Å². The Kier molecular flexibility index (Phi) is 3.60. The van der Waals surface area contributed by atoms with Gasteiger partial charge in [-0.25, -0.2) is 0 Å². The zero-order chi connectivity index (χ0) is 9.84. The standard InChI is InChI=1S/C10H13BrO2/c1-7(11)5-8-3-4-9(13-2)6-10(8)12/h3-4,6-7,12H,5H2,1-2H3. The molecule has 72 valence electrons. The maximum atomic E-state index is 9.57. The average Bonchev–Trinajstić information content (AvgIpc) is 2.08. The number of phenolic OH excluding ortho intramolecular Hbond substituents is 1. The molecule has 13 heavy (non-hydrogen) atoms. The number of aromatic hydroxyl groups is 1. The summed E-state index contributed by atoms with van der Waals surface area (Å²) in [7, 11) is 1.58. The van der Waals surface area contributed by atoms with E-state index in [9.17, 15) is 5.11 Å². The van der Waals surface area contributed by atoms with Crippen molar-refractivity contribution in [3.63, 3.8) is 0 Å². The molecule has 0 saturated carbocycles. The lowest BCUT2D eigenvalue weighted by atomic mass is 10.1. The molecular weight excluding hydrogens is 232 g/mol. The molecule has 1 unspecified atom stereocenters. The van der Waals surface area contributed by atoms with Gasteiger partial charge in [0, 0.05) is 10.9 Å². The van der Waals surface area contributed by atoms with Gasteiger partial charge in [0.15, 0.2) is 0 Å². The van der Waals surface area contributed by atoms with Gasteiger partial charge < -0.3 is 9.84 Å². The summed E-state index contributed by atoms with van der Waals surface area (Å²) in [6, 6.07) is 5.36. The smallest absolute Gasteiger partial charge is 0.122 e. The highest BCUT2D eigenvalue weighted by atomic mass is 79.9. The van der Waals surface area contributed by atoms with Gasteiger partial charge in [0.2, 0.25) is 0 Å². The molecule has 0 bridgehead atoms. The second kappa shape index (κ2) is 4.51. The zero-order valence-corrected chi connectivity index (χ0v) is 9.34. The third kappa shape index (κ3) is 2.92. The summed E-state index contributed by atoms with van der Waals surface area (Å²) in [6.45, 7) is 2.05. The van der Waals surface area contributed by atoms with Crippen LogP contribution in [0.15, 0.2) is 18.2 Å². The molecule has 0 amide bonds. The van der Waals surface area contributed by atoms with Crippen molar-refractivity contribution in [1.29, 1.82) is 0 Å². The van der Waals surface area contributed by atoms with Crippen molar-refractivity contribution in [1.82, 2.24) is 0 Å². The fraction of sp³-hybridized carbons (Fsp3) is 0.400. The van der Waals surface area contributed by atoms with E-state index in [0.29, 0.717) is 16.3 Å². The van der Waals surface area contributed by atoms with Crippen LogP contribution in [0.1, 0.15) is 12.5 Å². The molecule has 0 aromatic heterocycles. The van der Waals surface area contributed by atoms with E-state index in [-0.39, 0.29) is 0 Å². The fourth-order valence-corrected chi connectivity index (χ4v) is 1.50. The molecule has 1 aromatic rings. The normalized spacial score (nSPS) is 12.5. The summed E-state index contributed by atoms with van der Waals surface area (Å²) in [5.41, 5.74) is 0.935. The number of hydrogen-bond donors (Lipinski definition) is 1. The first-order valence-corrected chi connectivity index (χ1v) is 5.05. The van der Waals surface area contributed by atoms with E-state index in [0.717, 1.165) is 12.0 Å². The van der Waals surface area contributed by atoms with Crippen LogP contribution in [-0.4, -0.2) is 17.0 Å². The monoisotopic (exact) mass is 244 g/mol. The Morgan fingerprint density at radius 3 is 2.69 bits per heavy atom. The highest BCUT2D eigenvalue weighted by molar-refractivity contribution is 9.09. The van der Waals surface area contributed by atoms with Crippen molar-refractivity contribution in [2.24, 2.45) is 0 Å². The number of hydrogen-bond acceptors (Lipinski definition) is 2. The molecule has 3 heteroatoms. The van der Waals surface area contributed by atoms with E-state index in [1.165, 1.54) is 0 Å². The molecule has 0 spiro atoms. The van der Waals surface area contributed by atoms with Crippen molar-refractivity contribution in [2.45, 2.75) is 18.2 Å². The highest BCUT2D eigenvalue weighted by Gasteiger charge is 2.05. The number of rotatable bonds is 3. The van der Waals surface area contributed by atoms with Gasteiger partial charge in [-0.05, 0) is 18.1 Å². The molecule has 0 radical (unpaired) electrons. The zero-order valence-electron chi connectivity index (χ0n) is 7.75. The average molecular weight is 245 g/mol. The first-order chi connectivity index (χ1) is 6.13. The van der Waals surface area contributed by atoms with Crippen molar-refractivity contribution >= 4 is 15.9 Å². The Morgan fingerprint density at radius 2 is 2.23 bits per heavy atom. The molecule has 1 atom stereocenters. The van der Waals surface area contributed by atoms with Crippen LogP contribution in [0.4, 0.5) is 0 Å². The molecule has 2 nitrogen and oxygen atoms in total. The highest BCUT2D eigenvalue weighted by Crippen LogP contribution is 2.25. The van der Waals surface area contributed by atoms with Crippen molar-refractivity contribution in [3.8, 4) is 11.5 Å². The molecule has 0 saturated heterocycles. The summed E-state index contributed by atoms with van der Waals surface area (Å²) in [5.74, 6) is 0.981. The van der Waals surface area contributed by atoms with Gasteiger partial charge in [0.25, 0.3) is 0 Å². The maximum absolute atomic E-state index is 9.57. The van der Waals surface area contributed by atoms with Gasteiger partial charge in [-0.15, -0.1) is 0 Å². The SMILES string of the molecule is COc1ccc(CC(C)Br)c(O)c1. The Labute approximate surface area is 86.7 Å². The molecule has 1 aromatic carbocycles. The van der Waals surface area contributed by atoms with Crippen LogP contribution in [0.3, 0.4) is 0 Å². The molecule has 1 rings (SSSR count). The minimum atomic E-state index is 0.297. The Balaban J connectivity index is 2.85. The Morgan fingerprint density at radius 1 is 1.54 bits per heavy atom. The summed E-state index contributed by atoms with van der Waals surface area (Å²) in [6.07, 6.45) is 0.815. The van der Waals surface area contributed by atoms with Crippen LogP contribution >= 0.6 is 15.9 Å². The lowest BCUT2D eigenvalue weighted by Gasteiger charge is -2.07. The number of ether oxygens (including phenoxy) is 1. The summed E-state index contributed by atoms with van der Waals surface area (Å²) >= 11 is 3.44. The summed E-state index contributed by atoms with van der Waals surface area (Å²) in [5, 5.41) is 9.57. The van der Waals surface area contributed by atoms with Crippen molar-refractivity contribution in [2.75, 3.05) is 7.11 Å². The second-order valence-electron chi connectivity index (χ2n) is 2.98. The van der Waals surface area contributed by atoms with E-state index < -0.39 is 0 Å². The Bertz CT molecular complexity index is 284. The Hall–Kier alpha value is -0.700.